The van der Waals surface area contributed by atoms with Crippen molar-refractivity contribution in [3.8, 4) is 0 Å². The molecule has 2 aliphatic rings. The molecule has 2 aliphatic carbocycles. The molecule has 0 heterocycles. The highest BCUT2D eigenvalue weighted by atomic mass is 14.9. The molecule has 2 atom stereocenters. The summed E-state index contributed by atoms with van der Waals surface area (Å²) in [5.41, 5.74) is 2.30. The van der Waals surface area contributed by atoms with Gasteiger partial charge in [0.1, 0.15) is 0 Å². The Balaban J connectivity index is 2.03. The molecule has 0 saturated heterocycles. The van der Waals surface area contributed by atoms with Gasteiger partial charge in [0.15, 0.2) is 0 Å². The molecule has 0 radical (unpaired) electrons. The van der Waals surface area contributed by atoms with E-state index in [0.29, 0.717) is 11.5 Å². The van der Waals surface area contributed by atoms with E-state index in [2.05, 4.69) is 32.2 Å². The molecule has 0 spiro atoms. The largest absolute Gasteiger partial charge is 0.310 e. The maximum atomic E-state index is 3.75. The molecule has 0 amide bonds. The lowest BCUT2D eigenvalue weighted by molar-refractivity contribution is 0.435. The Morgan fingerprint density at radius 1 is 1.29 bits per heavy atom. The fraction of sp³-hybridized carbons (Fsp3) is 0.875. The van der Waals surface area contributed by atoms with E-state index in [1.807, 2.05) is 0 Å². The quantitative estimate of drug-likeness (QED) is 0.717. The van der Waals surface area contributed by atoms with Gasteiger partial charge in [0.2, 0.25) is 0 Å². The Hall–Kier alpha value is -0.300. The van der Waals surface area contributed by atoms with Crippen LogP contribution in [0.4, 0.5) is 0 Å². The van der Waals surface area contributed by atoms with Crippen LogP contribution in [0.15, 0.2) is 11.6 Å². The predicted octanol–water partition coefficient (Wildman–Crippen LogP) is 4.29. The molecule has 2 rings (SSSR count). The summed E-state index contributed by atoms with van der Waals surface area (Å²) in [6.07, 6.45) is 12.3. The Bertz CT molecular complexity index is 277. The van der Waals surface area contributed by atoms with Crippen molar-refractivity contribution < 1.29 is 0 Å². The highest BCUT2D eigenvalue weighted by Crippen LogP contribution is 2.55. The molecule has 0 aromatic rings. The van der Waals surface area contributed by atoms with Gasteiger partial charge < -0.3 is 5.32 Å². The summed E-state index contributed by atoms with van der Waals surface area (Å²) in [6.45, 7) is 8.19. The van der Waals surface area contributed by atoms with Crippen molar-refractivity contribution in [2.24, 2.45) is 11.3 Å². The normalized spacial score (nSPS) is 30.1. The highest BCUT2D eigenvalue weighted by Gasteiger charge is 2.50. The van der Waals surface area contributed by atoms with Crippen molar-refractivity contribution in [1.29, 1.82) is 0 Å². The van der Waals surface area contributed by atoms with Crippen LogP contribution in [-0.2, 0) is 0 Å². The number of allylic oxidation sites excluding steroid dienone is 1. The van der Waals surface area contributed by atoms with Gasteiger partial charge >= 0.3 is 0 Å². The minimum Gasteiger partial charge on any atom is -0.310 e. The summed E-state index contributed by atoms with van der Waals surface area (Å²) < 4.78 is 0. The standard InChI is InChI=1S/C16H29N/c1-4-17-15(14-12-16(14,2)3)13-10-8-6-5-7-9-11-13/h10,14-15,17H,4-9,11-12H2,1-3H3. The monoisotopic (exact) mass is 235 g/mol. The van der Waals surface area contributed by atoms with Crippen LogP contribution < -0.4 is 5.32 Å². The van der Waals surface area contributed by atoms with Crippen molar-refractivity contribution >= 4 is 0 Å². The summed E-state index contributed by atoms with van der Waals surface area (Å²) in [5.74, 6) is 0.883. The van der Waals surface area contributed by atoms with Crippen LogP contribution in [0.2, 0.25) is 0 Å². The van der Waals surface area contributed by atoms with Gasteiger partial charge in [-0.25, -0.2) is 0 Å². The SMILES string of the molecule is CCNC(C1=CCCCCCC1)C1CC1(C)C. The second-order valence-corrected chi connectivity index (χ2v) is 6.57. The number of likely N-dealkylation sites (N-methyl/N-ethyl adjacent to an activating group) is 1. The van der Waals surface area contributed by atoms with Crippen LogP contribution in [-0.4, -0.2) is 12.6 Å². The van der Waals surface area contributed by atoms with E-state index in [1.165, 1.54) is 44.9 Å². The van der Waals surface area contributed by atoms with Crippen LogP contribution in [0.3, 0.4) is 0 Å². The molecular weight excluding hydrogens is 206 g/mol. The minimum atomic E-state index is 0.579. The van der Waals surface area contributed by atoms with Crippen molar-refractivity contribution in [2.75, 3.05) is 6.54 Å². The molecule has 1 nitrogen and oxygen atoms in total. The molecule has 0 aromatic heterocycles. The van der Waals surface area contributed by atoms with E-state index in [0.717, 1.165) is 12.5 Å². The van der Waals surface area contributed by atoms with Gasteiger partial charge in [0.05, 0.1) is 0 Å². The molecule has 98 valence electrons. The lowest BCUT2D eigenvalue weighted by Gasteiger charge is -2.24. The predicted molar refractivity (Wildman–Crippen MR) is 75.1 cm³/mol. The fourth-order valence-corrected chi connectivity index (χ4v) is 3.33. The number of nitrogens with one attached hydrogen (secondary N) is 1. The van der Waals surface area contributed by atoms with Crippen LogP contribution in [0, 0.1) is 11.3 Å². The van der Waals surface area contributed by atoms with Crippen LogP contribution in [0.25, 0.3) is 0 Å². The van der Waals surface area contributed by atoms with Gasteiger partial charge in [-0.15, -0.1) is 0 Å². The topological polar surface area (TPSA) is 12.0 Å². The Morgan fingerprint density at radius 3 is 2.65 bits per heavy atom. The Kier molecular flexibility index (Phi) is 4.30. The van der Waals surface area contributed by atoms with Crippen LogP contribution in [0.5, 0.6) is 0 Å². The fourth-order valence-electron chi connectivity index (χ4n) is 3.33. The first-order chi connectivity index (χ1) is 8.15. The Morgan fingerprint density at radius 2 is 2.00 bits per heavy atom. The smallest absolute Gasteiger partial charge is 0.0313 e. The van der Waals surface area contributed by atoms with E-state index in [1.54, 1.807) is 5.57 Å². The molecule has 17 heavy (non-hydrogen) atoms. The number of rotatable bonds is 4. The van der Waals surface area contributed by atoms with Crippen molar-refractivity contribution in [2.45, 2.75) is 71.8 Å². The summed E-state index contributed by atoms with van der Waals surface area (Å²) >= 11 is 0. The van der Waals surface area contributed by atoms with Gasteiger partial charge in [-0.1, -0.05) is 45.3 Å². The number of hydrogen-bond donors (Lipinski definition) is 1. The third kappa shape index (κ3) is 3.34. The number of hydrogen-bond acceptors (Lipinski definition) is 1. The average Bonchev–Trinajstić information content (AvgIpc) is 2.84. The van der Waals surface area contributed by atoms with E-state index in [9.17, 15) is 0 Å². The van der Waals surface area contributed by atoms with E-state index < -0.39 is 0 Å². The van der Waals surface area contributed by atoms with Crippen molar-refractivity contribution in [3.63, 3.8) is 0 Å². The summed E-state index contributed by atoms with van der Waals surface area (Å²) in [5, 5.41) is 3.75. The highest BCUT2D eigenvalue weighted by molar-refractivity contribution is 5.19. The minimum absolute atomic E-state index is 0.579. The van der Waals surface area contributed by atoms with Gasteiger partial charge in [0, 0.05) is 6.04 Å². The lowest BCUT2D eigenvalue weighted by atomic mass is 9.90. The maximum Gasteiger partial charge on any atom is 0.0313 e. The van der Waals surface area contributed by atoms with Gasteiger partial charge in [-0.05, 0) is 50.0 Å². The molecule has 1 heteroatoms. The molecule has 1 N–H and O–H groups in total. The van der Waals surface area contributed by atoms with Gasteiger partial charge in [0.25, 0.3) is 0 Å². The summed E-state index contributed by atoms with van der Waals surface area (Å²) in [7, 11) is 0. The summed E-state index contributed by atoms with van der Waals surface area (Å²) in [4.78, 5) is 0. The zero-order chi connectivity index (χ0) is 12.3. The molecule has 0 aromatic carbocycles. The van der Waals surface area contributed by atoms with Crippen molar-refractivity contribution in [1.82, 2.24) is 5.32 Å². The molecule has 0 bridgehead atoms. The second kappa shape index (κ2) is 5.56. The molecule has 1 fully saturated rings. The second-order valence-electron chi connectivity index (χ2n) is 6.57. The average molecular weight is 235 g/mol. The third-order valence-corrected chi connectivity index (χ3v) is 4.64. The van der Waals surface area contributed by atoms with E-state index in [-0.39, 0.29) is 0 Å². The van der Waals surface area contributed by atoms with Gasteiger partial charge in [-0.2, -0.15) is 0 Å². The zero-order valence-corrected chi connectivity index (χ0v) is 11.9. The van der Waals surface area contributed by atoms with E-state index in [4.69, 9.17) is 0 Å². The maximum absolute atomic E-state index is 3.75. The molecule has 2 unspecified atom stereocenters. The lowest BCUT2D eigenvalue weighted by Crippen LogP contribution is -2.34. The van der Waals surface area contributed by atoms with Crippen LogP contribution in [0.1, 0.15) is 65.7 Å². The van der Waals surface area contributed by atoms with E-state index >= 15 is 0 Å². The Labute approximate surface area is 107 Å². The van der Waals surface area contributed by atoms with Crippen LogP contribution >= 0.6 is 0 Å². The molecule has 1 saturated carbocycles. The first kappa shape index (κ1) is 13.1. The first-order valence-corrected chi connectivity index (χ1v) is 7.57. The molecule has 0 aliphatic heterocycles. The third-order valence-electron chi connectivity index (χ3n) is 4.64. The van der Waals surface area contributed by atoms with Gasteiger partial charge in [-0.3, -0.25) is 0 Å². The zero-order valence-electron chi connectivity index (χ0n) is 11.9. The summed E-state index contributed by atoms with van der Waals surface area (Å²) in [6, 6.07) is 0.674. The first-order valence-electron chi connectivity index (χ1n) is 7.57. The van der Waals surface area contributed by atoms with Crippen molar-refractivity contribution in [3.05, 3.63) is 11.6 Å². The molecular formula is C16H29N.